The van der Waals surface area contributed by atoms with Gasteiger partial charge in [-0.2, -0.15) is 0 Å². The second-order valence-corrected chi connectivity index (χ2v) is 7.76. The summed E-state index contributed by atoms with van der Waals surface area (Å²) < 4.78 is 52.3. The van der Waals surface area contributed by atoms with Crippen molar-refractivity contribution in [3.8, 4) is 0 Å². The first-order chi connectivity index (χ1) is 11.9. The van der Waals surface area contributed by atoms with Crippen LogP contribution in [-0.4, -0.2) is 8.42 Å². The molecule has 4 aromatic rings. The molecule has 0 bridgehead atoms. The van der Waals surface area contributed by atoms with Crippen LogP contribution in [0.4, 0.5) is 8.78 Å². The number of sulfone groups is 1. The summed E-state index contributed by atoms with van der Waals surface area (Å²) in [6.45, 7) is 0. The van der Waals surface area contributed by atoms with Gasteiger partial charge in [0, 0.05) is 0 Å². The molecule has 0 saturated heterocycles. The number of fused-ring (bicyclic) bond motifs is 2. The Morgan fingerprint density at radius 3 is 1.32 bits per heavy atom. The van der Waals surface area contributed by atoms with Crippen molar-refractivity contribution in [2.24, 2.45) is 0 Å². The van der Waals surface area contributed by atoms with Crippen molar-refractivity contribution in [2.45, 2.75) is 9.79 Å². The van der Waals surface area contributed by atoms with Crippen molar-refractivity contribution < 1.29 is 17.2 Å². The van der Waals surface area contributed by atoms with Crippen molar-refractivity contribution in [2.75, 3.05) is 0 Å². The zero-order chi connectivity index (χ0) is 17.6. The third-order valence-electron chi connectivity index (χ3n) is 4.17. The minimum absolute atomic E-state index is 0.132. The Hall–Kier alpha value is -2.79. The maximum atomic E-state index is 13.3. The van der Waals surface area contributed by atoms with E-state index < -0.39 is 9.84 Å². The van der Waals surface area contributed by atoms with Gasteiger partial charge in [-0.25, -0.2) is 17.2 Å². The van der Waals surface area contributed by atoms with Gasteiger partial charge in [-0.1, -0.05) is 24.3 Å². The Morgan fingerprint density at radius 1 is 0.520 bits per heavy atom. The topological polar surface area (TPSA) is 34.1 Å². The monoisotopic (exact) mass is 354 g/mol. The van der Waals surface area contributed by atoms with E-state index in [4.69, 9.17) is 0 Å². The molecule has 2 nitrogen and oxygen atoms in total. The average molecular weight is 354 g/mol. The maximum absolute atomic E-state index is 13.3. The summed E-state index contributed by atoms with van der Waals surface area (Å²) in [4.78, 5) is 0.265. The summed E-state index contributed by atoms with van der Waals surface area (Å²) in [5, 5.41) is 2.55. The van der Waals surface area contributed by atoms with E-state index in [9.17, 15) is 17.2 Å². The molecule has 0 atom stereocenters. The van der Waals surface area contributed by atoms with Crippen LogP contribution >= 0.6 is 0 Å². The Kier molecular flexibility index (Phi) is 3.54. The van der Waals surface area contributed by atoms with Crippen LogP contribution in [0, 0.1) is 11.6 Å². The first kappa shape index (κ1) is 15.7. The Morgan fingerprint density at radius 2 is 0.880 bits per heavy atom. The lowest BCUT2D eigenvalue weighted by Gasteiger charge is -2.08. The van der Waals surface area contributed by atoms with Crippen molar-refractivity contribution >= 4 is 31.4 Å². The molecule has 5 heteroatoms. The van der Waals surface area contributed by atoms with Gasteiger partial charge in [0.25, 0.3) is 0 Å². The van der Waals surface area contributed by atoms with E-state index >= 15 is 0 Å². The van der Waals surface area contributed by atoms with Crippen LogP contribution in [0.3, 0.4) is 0 Å². The fourth-order valence-electron chi connectivity index (χ4n) is 2.86. The molecule has 0 aliphatic rings. The lowest BCUT2D eigenvalue weighted by atomic mass is 10.1. The summed E-state index contributed by atoms with van der Waals surface area (Å²) in [5.74, 6) is -0.741. The van der Waals surface area contributed by atoms with Gasteiger partial charge in [0.2, 0.25) is 9.84 Å². The zero-order valence-corrected chi connectivity index (χ0v) is 13.7. The van der Waals surface area contributed by atoms with E-state index in [2.05, 4.69) is 0 Å². The van der Waals surface area contributed by atoms with Crippen LogP contribution in [0.15, 0.2) is 82.6 Å². The molecule has 0 N–H and O–H groups in total. The molecule has 0 unspecified atom stereocenters. The van der Waals surface area contributed by atoms with E-state index in [0.29, 0.717) is 21.5 Å². The van der Waals surface area contributed by atoms with Crippen molar-refractivity contribution in [3.05, 3.63) is 84.4 Å². The third kappa shape index (κ3) is 2.76. The van der Waals surface area contributed by atoms with E-state index in [-0.39, 0.29) is 21.4 Å². The quantitative estimate of drug-likeness (QED) is 0.502. The lowest BCUT2D eigenvalue weighted by molar-refractivity contribution is 0.596. The largest absolute Gasteiger partial charge is 0.219 e. The molecule has 0 aliphatic carbocycles. The van der Waals surface area contributed by atoms with E-state index in [1.54, 1.807) is 24.3 Å². The molecule has 0 radical (unpaired) electrons. The fourth-order valence-corrected chi connectivity index (χ4v) is 4.19. The summed E-state index contributed by atoms with van der Waals surface area (Å²) in [6.07, 6.45) is 0. The molecule has 0 aliphatic heterocycles. The molecular formula is C20H12F2O2S. The van der Waals surface area contributed by atoms with Gasteiger partial charge < -0.3 is 0 Å². The van der Waals surface area contributed by atoms with E-state index in [1.807, 2.05) is 0 Å². The first-order valence-electron chi connectivity index (χ1n) is 7.57. The van der Waals surface area contributed by atoms with Crippen LogP contribution in [0.5, 0.6) is 0 Å². The summed E-state index contributed by atoms with van der Waals surface area (Å²) in [5.41, 5.74) is 0. The zero-order valence-electron chi connectivity index (χ0n) is 12.9. The number of halogens is 2. The molecule has 4 rings (SSSR count). The molecule has 124 valence electrons. The SMILES string of the molecule is O=S(=O)(c1ccc2cc(F)ccc2c1)c1ccc2cc(F)ccc2c1. The Balaban J connectivity index is 1.86. The molecule has 0 fully saturated rings. The number of hydrogen-bond acceptors (Lipinski definition) is 2. The van der Waals surface area contributed by atoms with E-state index in [0.717, 1.165) is 0 Å². The maximum Gasteiger partial charge on any atom is 0.206 e. The van der Waals surface area contributed by atoms with Crippen molar-refractivity contribution in [1.82, 2.24) is 0 Å². The summed E-state index contributed by atoms with van der Waals surface area (Å²) >= 11 is 0. The predicted molar refractivity (Wildman–Crippen MR) is 93.3 cm³/mol. The Labute approximate surface area is 143 Å². The highest BCUT2D eigenvalue weighted by Crippen LogP contribution is 2.27. The van der Waals surface area contributed by atoms with Gasteiger partial charge in [0.1, 0.15) is 11.6 Å². The molecule has 0 heterocycles. The third-order valence-corrected chi connectivity index (χ3v) is 5.92. The molecule has 0 saturated carbocycles. The number of benzene rings is 4. The highest BCUT2D eigenvalue weighted by Gasteiger charge is 2.18. The average Bonchev–Trinajstić information content (AvgIpc) is 2.60. The van der Waals surface area contributed by atoms with Crippen LogP contribution in [0.1, 0.15) is 0 Å². The van der Waals surface area contributed by atoms with E-state index in [1.165, 1.54) is 48.5 Å². The first-order valence-corrected chi connectivity index (χ1v) is 9.05. The normalized spacial score (nSPS) is 11.9. The molecule has 4 aromatic carbocycles. The smallest absolute Gasteiger partial charge is 0.206 e. The fraction of sp³-hybridized carbons (Fsp3) is 0. The van der Waals surface area contributed by atoms with Crippen LogP contribution in [-0.2, 0) is 9.84 Å². The highest BCUT2D eigenvalue weighted by atomic mass is 32.2. The van der Waals surface area contributed by atoms with Crippen LogP contribution < -0.4 is 0 Å². The summed E-state index contributed by atoms with van der Waals surface area (Å²) in [7, 11) is -3.73. The standard InChI is InChI=1S/C20H12F2O2S/c21-17-5-1-15-11-19(7-3-13(15)9-17)25(23,24)20-8-4-14-10-18(22)6-2-16(14)12-20/h1-12H. The number of rotatable bonds is 2. The van der Waals surface area contributed by atoms with Crippen LogP contribution in [0.25, 0.3) is 21.5 Å². The van der Waals surface area contributed by atoms with Gasteiger partial charge >= 0.3 is 0 Å². The molecule has 0 amide bonds. The Bertz CT molecular complexity index is 1140. The van der Waals surface area contributed by atoms with Crippen LogP contribution in [0.2, 0.25) is 0 Å². The summed E-state index contributed by atoms with van der Waals surface area (Å²) in [6, 6.07) is 17.6. The molecule has 0 aromatic heterocycles. The second-order valence-electron chi connectivity index (χ2n) is 5.81. The van der Waals surface area contributed by atoms with Gasteiger partial charge in [-0.3, -0.25) is 0 Å². The van der Waals surface area contributed by atoms with Gasteiger partial charge in [-0.15, -0.1) is 0 Å². The second kappa shape index (κ2) is 5.63. The molecule has 25 heavy (non-hydrogen) atoms. The minimum atomic E-state index is -3.73. The highest BCUT2D eigenvalue weighted by molar-refractivity contribution is 7.91. The van der Waals surface area contributed by atoms with Gasteiger partial charge in [-0.05, 0) is 70.1 Å². The number of hydrogen-bond donors (Lipinski definition) is 0. The molecule has 0 spiro atoms. The van der Waals surface area contributed by atoms with Gasteiger partial charge in [0.15, 0.2) is 0 Å². The minimum Gasteiger partial charge on any atom is -0.219 e. The molecular weight excluding hydrogens is 342 g/mol. The predicted octanol–water partition coefficient (Wildman–Crippen LogP) is 5.10. The van der Waals surface area contributed by atoms with Gasteiger partial charge in [0.05, 0.1) is 9.79 Å². The lowest BCUT2D eigenvalue weighted by Crippen LogP contribution is -2.02. The van der Waals surface area contributed by atoms with Crippen molar-refractivity contribution in [1.29, 1.82) is 0 Å². The van der Waals surface area contributed by atoms with Crippen molar-refractivity contribution in [3.63, 3.8) is 0 Å².